The fraction of sp³-hybridized carbons (Fsp3) is 0.429. The minimum Gasteiger partial charge on any atom is -0.376 e. The first kappa shape index (κ1) is 24.5. The number of anilines is 1. The molecule has 8 heteroatoms. The van der Waals surface area contributed by atoms with Gasteiger partial charge in [0.1, 0.15) is 11.5 Å². The molecule has 1 aromatic heterocycles. The summed E-state index contributed by atoms with van der Waals surface area (Å²) >= 11 is 0. The molecular formula is C28H33FN4O3. The van der Waals surface area contributed by atoms with Gasteiger partial charge >= 0.3 is 0 Å². The van der Waals surface area contributed by atoms with Gasteiger partial charge in [0.15, 0.2) is 0 Å². The third-order valence-electron chi connectivity index (χ3n) is 7.06. The molecule has 190 valence electrons. The van der Waals surface area contributed by atoms with Gasteiger partial charge in [0.05, 0.1) is 18.2 Å². The molecule has 7 nitrogen and oxygen atoms in total. The van der Waals surface area contributed by atoms with Gasteiger partial charge in [-0.1, -0.05) is 22.9 Å². The van der Waals surface area contributed by atoms with Crippen LogP contribution in [0.15, 0.2) is 53.1 Å². The smallest absolute Gasteiger partial charge is 0.254 e. The number of piperazine rings is 1. The van der Waals surface area contributed by atoms with Crippen molar-refractivity contribution in [3.05, 3.63) is 71.0 Å². The summed E-state index contributed by atoms with van der Waals surface area (Å²) in [4.78, 5) is 20.1. The van der Waals surface area contributed by atoms with E-state index in [0.29, 0.717) is 30.2 Å². The van der Waals surface area contributed by atoms with Crippen molar-refractivity contribution >= 4 is 11.8 Å². The maximum Gasteiger partial charge on any atom is 0.254 e. The maximum atomic E-state index is 13.7. The van der Waals surface area contributed by atoms with Crippen molar-refractivity contribution in [2.75, 3.05) is 51.3 Å². The van der Waals surface area contributed by atoms with Gasteiger partial charge in [-0.25, -0.2) is 4.39 Å². The van der Waals surface area contributed by atoms with Gasteiger partial charge in [-0.2, -0.15) is 0 Å². The highest BCUT2D eigenvalue weighted by atomic mass is 19.1. The van der Waals surface area contributed by atoms with Crippen molar-refractivity contribution in [2.24, 2.45) is 0 Å². The Kier molecular flexibility index (Phi) is 7.34. The van der Waals surface area contributed by atoms with E-state index in [0.717, 1.165) is 62.3 Å². The highest BCUT2D eigenvalue weighted by Crippen LogP contribution is 2.34. The summed E-state index contributed by atoms with van der Waals surface area (Å²) in [5.74, 6) is 0.315. The Morgan fingerprint density at radius 2 is 1.81 bits per heavy atom. The summed E-state index contributed by atoms with van der Waals surface area (Å²) in [5, 5.41) is 4.42. The van der Waals surface area contributed by atoms with Gasteiger partial charge in [-0.3, -0.25) is 4.79 Å². The molecular weight excluding hydrogens is 459 g/mol. The molecule has 2 aliphatic heterocycles. The number of halogens is 1. The minimum atomic E-state index is -0.308. The predicted molar refractivity (Wildman–Crippen MR) is 137 cm³/mol. The average molecular weight is 493 g/mol. The molecule has 0 radical (unpaired) electrons. The molecule has 0 saturated carbocycles. The molecule has 2 saturated heterocycles. The van der Waals surface area contributed by atoms with E-state index in [2.05, 4.69) is 22.0 Å². The monoisotopic (exact) mass is 492 g/mol. The summed E-state index contributed by atoms with van der Waals surface area (Å²) in [5.41, 5.74) is 3.98. The number of ether oxygens (including phenoxy) is 1. The number of carbonyl (C=O) groups excluding carboxylic acids is 1. The first-order valence-electron chi connectivity index (χ1n) is 12.6. The fourth-order valence-corrected chi connectivity index (χ4v) is 4.86. The van der Waals surface area contributed by atoms with Crippen LogP contribution in [0.4, 0.5) is 10.3 Å². The number of amides is 1. The number of aromatic nitrogens is 1. The zero-order valence-corrected chi connectivity index (χ0v) is 21.0. The highest BCUT2D eigenvalue weighted by Gasteiger charge is 2.30. The molecule has 2 aromatic carbocycles. The minimum absolute atomic E-state index is 0.000570. The summed E-state index contributed by atoms with van der Waals surface area (Å²) in [6, 6.07) is 13.9. The lowest BCUT2D eigenvalue weighted by Gasteiger charge is -2.33. The van der Waals surface area contributed by atoms with E-state index in [9.17, 15) is 9.18 Å². The summed E-state index contributed by atoms with van der Waals surface area (Å²) in [6.07, 6.45) is 1.93. The predicted octanol–water partition coefficient (Wildman–Crippen LogP) is 4.36. The van der Waals surface area contributed by atoms with Crippen LogP contribution < -0.4 is 4.90 Å². The molecule has 0 bridgehead atoms. The van der Waals surface area contributed by atoms with Crippen LogP contribution in [0.5, 0.6) is 0 Å². The van der Waals surface area contributed by atoms with Gasteiger partial charge < -0.3 is 24.0 Å². The van der Waals surface area contributed by atoms with Crippen molar-refractivity contribution < 1.29 is 18.4 Å². The van der Waals surface area contributed by atoms with Gasteiger partial charge in [-0.15, -0.1) is 0 Å². The fourth-order valence-electron chi connectivity index (χ4n) is 4.86. The highest BCUT2D eigenvalue weighted by molar-refractivity contribution is 5.94. The topological polar surface area (TPSA) is 62.1 Å². The van der Waals surface area contributed by atoms with Gasteiger partial charge in [0.25, 0.3) is 5.91 Å². The molecule has 0 spiro atoms. The quantitative estimate of drug-likeness (QED) is 0.488. The van der Waals surface area contributed by atoms with E-state index in [-0.39, 0.29) is 17.8 Å². The lowest BCUT2D eigenvalue weighted by molar-refractivity contribution is 0.0507. The molecule has 1 atom stereocenters. The standard InChI is InChI=1S/C28H33FN4O3/c1-20-5-7-22(8-6-20)27(34)33(18-24-4-3-17-35-24)19-25-26(21-9-11-23(29)12-10-21)30-36-28(25)32-15-13-31(2)14-16-32/h5-12,24H,3-4,13-19H2,1-2H3/t24-/m0/s1. The molecule has 1 amide bonds. The summed E-state index contributed by atoms with van der Waals surface area (Å²) in [7, 11) is 2.10. The lowest BCUT2D eigenvalue weighted by Crippen LogP contribution is -2.45. The Hall–Kier alpha value is -3.23. The average Bonchev–Trinajstić information content (AvgIpc) is 3.55. The van der Waals surface area contributed by atoms with Crippen LogP contribution in [0, 0.1) is 12.7 Å². The van der Waals surface area contributed by atoms with Crippen molar-refractivity contribution in [1.82, 2.24) is 15.0 Å². The summed E-state index contributed by atoms with van der Waals surface area (Å²) in [6.45, 7) is 6.97. The molecule has 3 aromatic rings. The summed E-state index contributed by atoms with van der Waals surface area (Å²) < 4.78 is 25.5. The van der Waals surface area contributed by atoms with Gasteiger partial charge in [-0.05, 0) is 63.2 Å². The molecule has 3 heterocycles. The van der Waals surface area contributed by atoms with Crippen LogP contribution in [0.3, 0.4) is 0 Å². The lowest BCUT2D eigenvalue weighted by atomic mass is 10.0. The Labute approximate surface area is 211 Å². The molecule has 0 N–H and O–H groups in total. The first-order chi connectivity index (χ1) is 17.5. The number of nitrogens with zero attached hydrogens (tertiary/aromatic N) is 4. The van der Waals surface area contributed by atoms with Crippen molar-refractivity contribution in [3.63, 3.8) is 0 Å². The van der Waals surface area contributed by atoms with Crippen molar-refractivity contribution in [1.29, 1.82) is 0 Å². The van der Waals surface area contributed by atoms with Crippen LogP contribution in [-0.2, 0) is 11.3 Å². The number of aryl methyl sites for hydroxylation is 1. The largest absolute Gasteiger partial charge is 0.376 e. The second-order valence-corrected chi connectivity index (χ2v) is 9.80. The van der Waals surface area contributed by atoms with E-state index in [4.69, 9.17) is 9.26 Å². The number of hydrogen-bond donors (Lipinski definition) is 0. The number of benzene rings is 2. The molecule has 2 aliphatic rings. The zero-order chi connectivity index (χ0) is 25.1. The van der Waals surface area contributed by atoms with E-state index in [1.54, 1.807) is 12.1 Å². The Balaban J connectivity index is 1.51. The van der Waals surface area contributed by atoms with Crippen LogP contribution in [0.1, 0.15) is 34.3 Å². The van der Waals surface area contributed by atoms with Crippen LogP contribution in [0.2, 0.25) is 0 Å². The van der Waals surface area contributed by atoms with Crippen LogP contribution in [0.25, 0.3) is 11.3 Å². The van der Waals surface area contributed by atoms with Gasteiger partial charge in [0, 0.05) is 50.5 Å². The normalized spacial score (nSPS) is 18.5. The first-order valence-corrected chi connectivity index (χ1v) is 12.6. The third kappa shape index (κ3) is 5.44. The molecule has 0 aliphatic carbocycles. The van der Waals surface area contributed by atoms with Crippen molar-refractivity contribution in [3.8, 4) is 11.3 Å². The Morgan fingerprint density at radius 3 is 2.47 bits per heavy atom. The number of carbonyl (C=O) groups is 1. The Morgan fingerprint density at radius 1 is 1.08 bits per heavy atom. The van der Waals surface area contributed by atoms with Crippen LogP contribution in [-0.4, -0.2) is 73.3 Å². The van der Waals surface area contributed by atoms with Gasteiger partial charge in [0.2, 0.25) is 5.88 Å². The molecule has 36 heavy (non-hydrogen) atoms. The van der Waals surface area contributed by atoms with Crippen molar-refractivity contribution in [2.45, 2.75) is 32.4 Å². The second-order valence-electron chi connectivity index (χ2n) is 9.80. The van der Waals surface area contributed by atoms with Crippen LogP contribution >= 0.6 is 0 Å². The third-order valence-corrected chi connectivity index (χ3v) is 7.06. The molecule has 0 unspecified atom stereocenters. The SMILES string of the molecule is Cc1ccc(C(=O)N(Cc2c(-c3ccc(F)cc3)noc2N2CCN(C)CC2)C[C@@H]2CCCO2)cc1. The number of rotatable bonds is 7. The molecule has 5 rings (SSSR count). The Bertz CT molecular complexity index is 1160. The number of likely N-dealkylation sites (N-methyl/N-ethyl adjacent to an activating group) is 1. The number of hydrogen-bond acceptors (Lipinski definition) is 6. The van der Waals surface area contributed by atoms with E-state index < -0.39 is 0 Å². The van der Waals surface area contributed by atoms with E-state index in [1.165, 1.54) is 12.1 Å². The maximum absolute atomic E-state index is 13.7. The zero-order valence-electron chi connectivity index (χ0n) is 21.0. The van der Waals surface area contributed by atoms with E-state index >= 15 is 0 Å². The molecule has 2 fully saturated rings. The van der Waals surface area contributed by atoms with E-state index in [1.807, 2.05) is 36.1 Å². The second kappa shape index (κ2) is 10.8.